The van der Waals surface area contributed by atoms with Crippen LogP contribution >= 0.6 is 11.3 Å². The summed E-state index contributed by atoms with van der Waals surface area (Å²) in [6.45, 7) is 3.06. The highest BCUT2D eigenvalue weighted by Crippen LogP contribution is 2.42. The Hall–Kier alpha value is -3.06. The lowest BCUT2D eigenvalue weighted by atomic mass is 9.88. The van der Waals surface area contributed by atoms with Crippen LogP contribution in [0.2, 0.25) is 0 Å². The fourth-order valence-electron chi connectivity index (χ4n) is 3.59. The van der Waals surface area contributed by atoms with Gasteiger partial charge in [-0.15, -0.1) is 11.3 Å². The Balaban J connectivity index is 2.10. The molecule has 1 amide bonds. The normalized spacial score (nSPS) is 17.4. The van der Waals surface area contributed by atoms with Crippen molar-refractivity contribution < 1.29 is 27.5 Å². The van der Waals surface area contributed by atoms with E-state index in [0.717, 1.165) is 22.6 Å². The Labute approximate surface area is 187 Å². The minimum absolute atomic E-state index is 0.0591. The van der Waals surface area contributed by atoms with Crippen LogP contribution in [0.25, 0.3) is 0 Å². The lowest BCUT2D eigenvalue weighted by molar-refractivity contribution is -0.204. The molecule has 32 heavy (non-hydrogen) atoms. The number of hydrogen-bond donors (Lipinski definition) is 2. The highest BCUT2D eigenvalue weighted by atomic mass is 32.1. The van der Waals surface area contributed by atoms with E-state index in [4.69, 9.17) is 4.74 Å². The molecule has 1 aliphatic rings. The Bertz CT molecular complexity index is 1050. The molecule has 2 N–H and O–H groups in total. The number of fused-ring (bicyclic) bond motifs is 1. The van der Waals surface area contributed by atoms with E-state index in [0.29, 0.717) is 24.3 Å². The number of anilines is 1. The molecule has 0 aliphatic heterocycles. The molecule has 1 aliphatic carbocycles. The van der Waals surface area contributed by atoms with Crippen molar-refractivity contribution in [3.8, 4) is 6.07 Å². The minimum Gasteiger partial charge on any atom is -0.463 e. The number of halogens is 3. The molecule has 1 aromatic heterocycles. The molecule has 0 spiro atoms. The van der Waals surface area contributed by atoms with Gasteiger partial charge in [0.1, 0.15) is 11.1 Å². The van der Waals surface area contributed by atoms with E-state index in [9.17, 15) is 28.0 Å². The minimum atomic E-state index is -5.27. The average molecular weight is 465 g/mol. The van der Waals surface area contributed by atoms with Crippen LogP contribution in [0.5, 0.6) is 0 Å². The van der Waals surface area contributed by atoms with E-state index >= 15 is 0 Å². The number of thiophene rings is 1. The maximum Gasteiger partial charge on any atom is 0.441 e. The van der Waals surface area contributed by atoms with Gasteiger partial charge in [0, 0.05) is 10.4 Å². The van der Waals surface area contributed by atoms with Crippen LogP contribution in [0, 0.1) is 17.2 Å². The Morgan fingerprint density at radius 2 is 1.97 bits per heavy atom. The summed E-state index contributed by atoms with van der Waals surface area (Å²) in [5, 5.41) is 13.5. The molecule has 0 fully saturated rings. The van der Waals surface area contributed by atoms with Gasteiger partial charge in [-0.2, -0.15) is 18.4 Å². The summed E-state index contributed by atoms with van der Waals surface area (Å²) in [6.07, 6.45) is -3.27. The number of nitrogens with zero attached hydrogens (tertiary/aromatic N) is 1. The zero-order valence-electron chi connectivity index (χ0n) is 17.5. The lowest BCUT2D eigenvalue weighted by Gasteiger charge is -2.35. The largest absolute Gasteiger partial charge is 0.463 e. The first kappa shape index (κ1) is 23.6. The summed E-state index contributed by atoms with van der Waals surface area (Å²) in [6, 6.07) is 9.20. The van der Waals surface area contributed by atoms with Crippen molar-refractivity contribution in [2.75, 3.05) is 11.9 Å². The van der Waals surface area contributed by atoms with Gasteiger partial charge in [0.25, 0.3) is 5.91 Å². The number of carbonyl (C=O) groups is 2. The van der Waals surface area contributed by atoms with Crippen molar-refractivity contribution in [2.24, 2.45) is 5.92 Å². The summed E-state index contributed by atoms with van der Waals surface area (Å²) < 4.78 is 48.0. The van der Waals surface area contributed by atoms with E-state index in [-0.39, 0.29) is 22.7 Å². The third-order valence-corrected chi connectivity index (χ3v) is 6.44. The summed E-state index contributed by atoms with van der Waals surface area (Å²) in [7, 11) is 0. The standard InChI is InChI=1S/C22H22F3N3O3S/c1-3-31-20(30)21(22(23,24)25,27-18(29)14-7-5-4-6-8-14)28-19-16(12-26)15-10-9-13(2)11-17(15)32-19/h4-8,13,28H,3,9-11H2,1-2H3,(H,27,29)/t13-,21+/m0/s1. The van der Waals surface area contributed by atoms with Crippen LogP contribution < -0.4 is 10.6 Å². The number of carbonyl (C=O) groups excluding carboxylic acids is 2. The van der Waals surface area contributed by atoms with E-state index in [1.54, 1.807) is 6.07 Å². The number of nitrogens with one attached hydrogen (secondary N) is 2. The van der Waals surface area contributed by atoms with Crippen molar-refractivity contribution in [3.05, 3.63) is 51.9 Å². The number of amides is 1. The quantitative estimate of drug-likeness (QED) is 0.487. The molecular weight excluding hydrogens is 443 g/mol. The summed E-state index contributed by atoms with van der Waals surface area (Å²) in [5.41, 5.74) is -2.89. The molecule has 170 valence electrons. The van der Waals surface area contributed by atoms with Crippen molar-refractivity contribution in [2.45, 2.75) is 44.9 Å². The highest BCUT2D eigenvalue weighted by Gasteiger charge is 2.64. The third-order valence-electron chi connectivity index (χ3n) is 5.27. The van der Waals surface area contributed by atoms with Crippen LogP contribution in [-0.2, 0) is 22.4 Å². The number of nitriles is 1. The molecule has 1 aromatic carbocycles. The van der Waals surface area contributed by atoms with Crippen molar-refractivity contribution in [3.63, 3.8) is 0 Å². The Morgan fingerprint density at radius 3 is 2.56 bits per heavy atom. The van der Waals surface area contributed by atoms with Gasteiger partial charge in [-0.3, -0.25) is 4.79 Å². The average Bonchev–Trinajstić information content (AvgIpc) is 3.08. The first-order valence-corrected chi connectivity index (χ1v) is 10.9. The molecule has 1 heterocycles. The van der Waals surface area contributed by atoms with Crippen LogP contribution in [0.4, 0.5) is 18.2 Å². The molecule has 2 atom stereocenters. The number of hydrogen-bond acceptors (Lipinski definition) is 6. The molecule has 10 heteroatoms. The van der Waals surface area contributed by atoms with Crippen molar-refractivity contribution >= 4 is 28.2 Å². The first-order valence-electron chi connectivity index (χ1n) is 10.1. The monoisotopic (exact) mass is 465 g/mol. The first-order chi connectivity index (χ1) is 15.1. The van der Waals surface area contributed by atoms with Crippen LogP contribution in [0.15, 0.2) is 30.3 Å². The SMILES string of the molecule is CCOC(=O)[C@@](NC(=O)c1ccccc1)(Nc1sc2c(c1C#N)CC[C@H](C)C2)C(F)(F)F. The molecule has 6 nitrogen and oxygen atoms in total. The van der Waals surface area contributed by atoms with Gasteiger partial charge in [0.05, 0.1) is 12.2 Å². The van der Waals surface area contributed by atoms with Crippen LogP contribution in [0.1, 0.15) is 46.6 Å². The summed E-state index contributed by atoms with van der Waals surface area (Å²) in [4.78, 5) is 26.2. The van der Waals surface area contributed by atoms with Gasteiger partial charge in [-0.05, 0) is 49.8 Å². The second-order valence-corrected chi connectivity index (χ2v) is 8.69. The third kappa shape index (κ3) is 4.43. The van der Waals surface area contributed by atoms with Crippen LogP contribution in [0.3, 0.4) is 0 Å². The maximum atomic E-state index is 14.4. The number of alkyl halides is 3. The van der Waals surface area contributed by atoms with Crippen molar-refractivity contribution in [1.82, 2.24) is 5.32 Å². The Kier molecular flexibility index (Phi) is 6.79. The predicted molar refractivity (Wildman–Crippen MR) is 113 cm³/mol. The zero-order valence-corrected chi connectivity index (χ0v) is 18.3. The van der Waals surface area contributed by atoms with E-state index in [1.807, 2.05) is 18.3 Å². The number of benzene rings is 1. The van der Waals surface area contributed by atoms with Gasteiger partial charge in [0.15, 0.2) is 0 Å². The molecule has 3 rings (SSSR count). The smallest absolute Gasteiger partial charge is 0.441 e. The van der Waals surface area contributed by atoms with Gasteiger partial charge >= 0.3 is 17.8 Å². The van der Waals surface area contributed by atoms with Gasteiger partial charge in [-0.1, -0.05) is 25.1 Å². The number of esters is 1. The van der Waals surface area contributed by atoms with Gasteiger partial charge < -0.3 is 15.4 Å². The van der Waals surface area contributed by atoms with E-state index in [2.05, 4.69) is 5.32 Å². The van der Waals surface area contributed by atoms with E-state index in [1.165, 1.54) is 31.2 Å². The number of rotatable bonds is 6. The van der Waals surface area contributed by atoms with E-state index < -0.39 is 23.7 Å². The van der Waals surface area contributed by atoms with Crippen LogP contribution in [-0.4, -0.2) is 30.3 Å². The molecule has 2 aromatic rings. The molecule has 0 bridgehead atoms. The molecule has 0 saturated carbocycles. The fraction of sp³-hybridized carbons (Fsp3) is 0.409. The van der Waals surface area contributed by atoms with Gasteiger partial charge in [0.2, 0.25) is 0 Å². The van der Waals surface area contributed by atoms with Gasteiger partial charge in [-0.25, -0.2) is 4.79 Å². The lowest BCUT2D eigenvalue weighted by Crippen LogP contribution is -2.69. The maximum absolute atomic E-state index is 14.4. The topological polar surface area (TPSA) is 91.2 Å². The second-order valence-electron chi connectivity index (χ2n) is 7.58. The summed E-state index contributed by atoms with van der Waals surface area (Å²) >= 11 is 0.999. The molecule has 0 unspecified atom stereocenters. The van der Waals surface area contributed by atoms with Crippen molar-refractivity contribution in [1.29, 1.82) is 5.26 Å². The number of ether oxygens (including phenoxy) is 1. The fourth-order valence-corrected chi connectivity index (χ4v) is 5.01. The highest BCUT2D eigenvalue weighted by molar-refractivity contribution is 7.16. The Morgan fingerprint density at radius 1 is 1.28 bits per heavy atom. The molecular formula is C22H22F3N3O3S. The molecule has 0 radical (unpaired) electrons. The second kappa shape index (κ2) is 9.20. The molecule has 0 saturated heterocycles. The summed E-state index contributed by atoms with van der Waals surface area (Å²) in [5.74, 6) is -2.49. The predicted octanol–water partition coefficient (Wildman–Crippen LogP) is 4.41. The zero-order chi connectivity index (χ0) is 23.5.